The first kappa shape index (κ1) is 14.7. The largest absolute Gasteiger partial charge is 0.224 e. The fourth-order valence-corrected chi connectivity index (χ4v) is 2.84. The molecule has 4 heteroatoms. The first-order valence-electron chi connectivity index (χ1n) is 6.39. The van der Waals surface area contributed by atoms with Crippen LogP contribution >= 0.6 is 0 Å². The highest BCUT2D eigenvalue weighted by molar-refractivity contribution is 7.90. The van der Waals surface area contributed by atoms with E-state index < -0.39 is 9.84 Å². The fourth-order valence-electron chi connectivity index (χ4n) is 2.18. The van der Waals surface area contributed by atoms with Crippen LogP contribution in [0.25, 0.3) is 11.1 Å². The van der Waals surface area contributed by atoms with Crippen molar-refractivity contribution in [2.75, 3.05) is 6.26 Å². The Kier molecular flexibility index (Phi) is 3.95. The molecule has 0 unspecified atom stereocenters. The third kappa shape index (κ3) is 3.07. The van der Waals surface area contributed by atoms with Crippen molar-refractivity contribution in [2.24, 2.45) is 0 Å². The lowest BCUT2D eigenvalue weighted by atomic mass is 9.92. The first-order valence-corrected chi connectivity index (χ1v) is 8.28. The van der Waals surface area contributed by atoms with Crippen molar-refractivity contribution >= 4 is 9.84 Å². The van der Waals surface area contributed by atoms with E-state index in [0.717, 1.165) is 16.7 Å². The number of rotatable bonds is 3. The van der Waals surface area contributed by atoms with Gasteiger partial charge in [0.2, 0.25) is 0 Å². The predicted molar refractivity (Wildman–Crippen MR) is 79.0 cm³/mol. The Morgan fingerprint density at radius 3 is 2.35 bits per heavy atom. The summed E-state index contributed by atoms with van der Waals surface area (Å²) >= 11 is 0. The molecular formula is C16H17FO2S. The van der Waals surface area contributed by atoms with Crippen LogP contribution in [0.4, 0.5) is 4.39 Å². The van der Waals surface area contributed by atoms with Crippen LogP contribution in [0, 0.1) is 5.82 Å². The Morgan fingerprint density at radius 2 is 1.75 bits per heavy atom. The molecule has 0 atom stereocenters. The highest BCUT2D eigenvalue weighted by Gasteiger charge is 2.13. The van der Waals surface area contributed by atoms with Gasteiger partial charge in [0.05, 0.1) is 4.90 Å². The summed E-state index contributed by atoms with van der Waals surface area (Å²) in [5.74, 6) is -0.0957. The Bertz CT molecular complexity index is 734. The number of benzene rings is 2. The van der Waals surface area contributed by atoms with Gasteiger partial charge in [-0.05, 0) is 46.9 Å². The molecule has 0 bridgehead atoms. The number of halogens is 1. The molecule has 0 saturated heterocycles. The molecule has 0 spiro atoms. The molecule has 0 radical (unpaired) electrons. The van der Waals surface area contributed by atoms with Crippen molar-refractivity contribution < 1.29 is 12.8 Å². The number of hydrogen-bond donors (Lipinski definition) is 0. The summed E-state index contributed by atoms with van der Waals surface area (Å²) in [6, 6.07) is 11.3. The minimum Gasteiger partial charge on any atom is -0.224 e. The minimum absolute atomic E-state index is 0.229. The Hall–Kier alpha value is -1.68. The van der Waals surface area contributed by atoms with Crippen molar-refractivity contribution in [2.45, 2.75) is 24.7 Å². The smallest absolute Gasteiger partial charge is 0.175 e. The van der Waals surface area contributed by atoms with Gasteiger partial charge in [-0.15, -0.1) is 0 Å². The van der Waals surface area contributed by atoms with Crippen LogP contribution in [0.2, 0.25) is 0 Å². The summed E-state index contributed by atoms with van der Waals surface area (Å²) in [7, 11) is -3.27. The molecule has 0 aliphatic carbocycles. The van der Waals surface area contributed by atoms with Crippen LogP contribution in [0.3, 0.4) is 0 Å². The van der Waals surface area contributed by atoms with Crippen molar-refractivity contribution in [3.63, 3.8) is 0 Å². The topological polar surface area (TPSA) is 34.1 Å². The van der Waals surface area contributed by atoms with Crippen molar-refractivity contribution in [1.29, 1.82) is 0 Å². The van der Waals surface area contributed by atoms with Gasteiger partial charge in [0.1, 0.15) is 5.82 Å². The van der Waals surface area contributed by atoms with E-state index in [1.54, 1.807) is 30.3 Å². The number of hydrogen-bond acceptors (Lipinski definition) is 2. The molecule has 0 aliphatic heterocycles. The Morgan fingerprint density at radius 1 is 1.05 bits per heavy atom. The highest BCUT2D eigenvalue weighted by atomic mass is 32.2. The van der Waals surface area contributed by atoms with E-state index in [-0.39, 0.29) is 16.6 Å². The number of sulfone groups is 1. The van der Waals surface area contributed by atoms with E-state index in [2.05, 4.69) is 0 Å². The average Bonchev–Trinajstić information content (AvgIpc) is 2.37. The van der Waals surface area contributed by atoms with Gasteiger partial charge in [-0.25, -0.2) is 12.8 Å². The second-order valence-electron chi connectivity index (χ2n) is 5.19. The molecule has 106 valence electrons. The standard InChI is InChI=1S/C16H17FO2S/c1-11(2)15-8-7-13(17)10-16(15)12-5-4-6-14(9-12)20(3,18)19/h4-11H,1-3H3. The van der Waals surface area contributed by atoms with E-state index in [9.17, 15) is 12.8 Å². The van der Waals surface area contributed by atoms with Crippen LogP contribution in [0.5, 0.6) is 0 Å². The third-order valence-electron chi connectivity index (χ3n) is 3.21. The molecule has 2 nitrogen and oxygen atoms in total. The lowest BCUT2D eigenvalue weighted by Crippen LogP contribution is -1.98. The summed E-state index contributed by atoms with van der Waals surface area (Å²) in [6.45, 7) is 4.05. The second-order valence-corrected chi connectivity index (χ2v) is 7.20. The van der Waals surface area contributed by atoms with E-state index in [0.29, 0.717) is 0 Å². The minimum atomic E-state index is -3.27. The molecule has 2 rings (SSSR count). The average molecular weight is 292 g/mol. The SMILES string of the molecule is CC(C)c1ccc(F)cc1-c1cccc(S(C)(=O)=O)c1. The second kappa shape index (κ2) is 5.37. The summed E-state index contributed by atoms with van der Waals surface area (Å²) in [5, 5.41) is 0. The summed E-state index contributed by atoms with van der Waals surface area (Å²) in [6.07, 6.45) is 1.17. The van der Waals surface area contributed by atoms with Gasteiger partial charge in [-0.2, -0.15) is 0 Å². The zero-order valence-electron chi connectivity index (χ0n) is 11.7. The first-order chi connectivity index (χ1) is 9.29. The normalized spacial score (nSPS) is 11.8. The van der Waals surface area contributed by atoms with Gasteiger partial charge in [0.15, 0.2) is 9.84 Å². The molecule has 0 amide bonds. The molecule has 20 heavy (non-hydrogen) atoms. The predicted octanol–water partition coefficient (Wildman–Crippen LogP) is 4.02. The van der Waals surface area contributed by atoms with Crippen LogP contribution in [-0.4, -0.2) is 14.7 Å². The van der Waals surface area contributed by atoms with E-state index in [4.69, 9.17) is 0 Å². The monoisotopic (exact) mass is 292 g/mol. The van der Waals surface area contributed by atoms with Gasteiger partial charge in [0, 0.05) is 6.26 Å². The highest BCUT2D eigenvalue weighted by Crippen LogP contribution is 2.31. The third-order valence-corrected chi connectivity index (χ3v) is 4.32. The zero-order valence-corrected chi connectivity index (χ0v) is 12.5. The maximum absolute atomic E-state index is 13.5. The maximum Gasteiger partial charge on any atom is 0.175 e. The summed E-state index contributed by atoms with van der Waals surface area (Å²) in [4.78, 5) is 0.244. The van der Waals surface area contributed by atoms with Crippen LogP contribution in [0.1, 0.15) is 25.3 Å². The molecule has 0 aliphatic rings. The van der Waals surface area contributed by atoms with Crippen molar-refractivity contribution in [1.82, 2.24) is 0 Å². The molecular weight excluding hydrogens is 275 g/mol. The van der Waals surface area contributed by atoms with E-state index in [1.807, 2.05) is 13.8 Å². The van der Waals surface area contributed by atoms with Crippen LogP contribution in [-0.2, 0) is 9.84 Å². The molecule has 0 aromatic heterocycles. The molecule has 2 aromatic carbocycles. The Balaban J connectivity index is 2.65. The summed E-state index contributed by atoms with van der Waals surface area (Å²) < 4.78 is 36.8. The zero-order chi connectivity index (χ0) is 14.9. The van der Waals surface area contributed by atoms with Gasteiger partial charge < -0.3 is 0 Å². The molecule has 0 saturated carbocycles. The fraction of sp³-hybridized carbons (Fsp3) is 0.250. The maximum atomic E-state index is 13.5. The van der Waals surface area contributed by atoms with Crippen LogP contribution < -0.4 is 0 Å². The molecule has 0 N–H and O–H groups in total. The van der Waals surface area contributed by atoms with E-state index in [1.165, 1.54) is 18.4 Å². The van der Waals surface area contributed by atoms with Crippen molar-refractivity contribution in [3.05, 3.63) is 53.8 Å². The molecule has 0 fully saturated rings. The lowest BCUT2D eigenvalue weighted by molar-refractivity contribution is 0.602. The molecule has 0 heterocycles. The van der Waals surface area contributed by atoms with Gasteiger partial charge in [-0.3, -0.25) is 0 Å². The summed E-state index contributed by atoms with van der Waals surface area (Å²) in [5.41, 5.74) is 2.46. The van der Waals surface area contributed by atoms with Gasteiger partial charge >= 0.3 is 0 Å². The quantitative estimate of drug-likeness (QED) is 0.856. The lowest BCUT2D eigenvalue weighted by Gasteiger charge is -2.13. The van der Waals surface area contributed by atoms with Gasteiger partial charge in [0.25, 0.3) is 0 Å². The van der Waals surface area contributed by atoms with Crippen LogP contribution in [0.15, 0.2) is 47.4 Å². The molecule has 2 aromatic rings. The van der Waals surface area contributed by atoms with E-state index >= 15 is 0 Å². The van der Waals surface area contributed by atoms with Gasteiger partial charge in [-0.1, -0.05) is 32.0 Å². The Labute approximate surface area is 119 Å². The van der Waals surface area contributed by atoms with Crippen molar-refractivity contribution in [3.8, 4) is 11.1 Å².